The summed E-state index contributed by atoms with van der Waals surface area (Å²) in [6.07, 6.45) is 0.577. The van der Waals surface area contributed by atoms with Crippen LogP contribution in [0.5, 0.6) is 0 Å². The molecule has 1 heterocycles. The number of aliphatic hydroxyl groups is 1. The highest BCUT2D eigenvalue weighted by atomic mass is 16.5. The molecule has 3 heteroatoms. The van der Waals surface area contributed by atoms with Gasteiger partial charge in [-0.25, -0.2) is 0 Å². The molecule has 0 radical (unpaired) electrons. The SMILES string of the molecule is CCC1COC[C@@H](N)C1O. The molecule has 0 aromatic rings. The first-order valence-electron chi connectivity index (χ1n) is 3.77. The first-order valence-corrected chi connectivity index (χ1v) is 3.77. The van der Waals surface area contributed by atoms with Crippen LogP contribution in [0.2, 0.25) is 0 Å². The summed E-state index contributed by atoms with van der Waals surface area (Å²) in [7, 11) is 0. The molecule has 60 valence electrons. The largest absolute Gasteiger partial charge is 0.391 e. The molecule has 0 bridgehead atoms. The maximum absolute atomic E-state index is 9.43. The van der Waals surface area contributed by atoms with Gasteiger partial charge in [-0.1, -0.05) is 6.92 Å². The average Bonchev–Trinajstić information content (AvgIpc) is 1.95. The van der Waals surface area contributed by atoms with Gasteiger partial charge in [0.2, 0.25) is 0 Å². The van der Waals surface area contributed by atoms with E-state index in [1.54, 1.807) is 0 Å². The fraction of sp³-hybridized carbons (Fsp3) is 1.00. The van der Waals surface area contributed by atoms with Gasteiger partial charge in [-0.3, -0.25) is 0 Å². The summed E-state index contributed by atoms with van der Waals surface area (Å²) >= 11 is 0. The molecule has 1 rings (SSSR count). The number of aliphatic hydroxyl groups excluding tert-OH is 1. The van der Waals surface area contributed by atoms with Gasteiger partial charge in [0.05, 0.1) is 25.4 Å². The van der Waals surface area contributed by atoms with Crippen molar-refractivity contribution in [3.63, 3.8) is 0 Å². The van der Waals surface area contributed by atoms with Crippen LogP contribution in [0.1, 0.15) is 13.3 Å². The van der Waals surface area contributed by atoms with Gasteiger partial charge in [-0.2, -0.15) is 0 Å². The van der Waals surface area contributed by atoms with Crippen LogP contribution < -0.4 is 5.73 Å². The Morgan fingerprint density at radius 3 is 2.80 bits per heavy atom. The molecule has 1 aliphatic heterocycles. The highest BCUT2D eigenvalue weighted by Crippen LogP contribution is 2.16. The molecule has 0 spiro atoms. The van der Waals surface area contributed by atoms with Crippen LogP contribution in [-0.4, -0.2) is 30.5 Å². The molecule has 2 unspecified atom stereocenters. The van der Waals surface area contributed by atoms with E-state index in [0.717, 1.165) is 6.42 Å². The van der Waals surface area contributed by atoms with Crippen molar-refractivity contribution < 1.29 is 9.84 Å². The van der Waals surface area contributed by atoms with Gasteiger partial charge in [-0.15, -0.1) is 0 Å². The molecule has 0 aromatic carbocycles. The van der Waals surface area contributed by atoms with Crippen molar-refractivity contribution in [2.75, 3.05) is 13.2 Å². The molecular formula is C7H15NO2. The van der Waals surface area contributed by atoms with Crippen LogP contribution in [0.4, 0.5) is 0 Å². The van der Waals surface area contributed by atoms with E-state index >= 15 is 0 Å². The lowest BCUT2D eigenvalue weighted by atomic mass is 9.93. The minimum absolute atomic E-state index is 0.182. The van der Waals surface area contributed by atoms with E-state index in [4.69, 9.17) is 10.5 Å². The van der Waals surface area contributed by atoms with E-state index in [9.17, 15) is 5.11 Å². The quantitative estimate of drug-likeness (QED) is 0.534. The average molecular weight is 145 g/mol. The third-order valence-electron chi connectivity index (χ3n) is 2.09. The number of rotatable bonds is 1. The van der Waals surface area contributed by atoms with Crippen molar-refractivity contribution >= 4 is 0 Å². The Hall–Kier alpha value is -0.120. The zero-order valence-electron chi connectivity index (χ0n) is 6.29. The van der Waals surface area contributed by atoms with Crippen molar-refractivity contribution in [3.8, 4) is 0 Å². The van der Waals surface area contributed by atoms with Crippen molar-refractivity contribution in [2.24, 2.45) is 11.7 Å². The number of hydrogen-bond donors (Lipinski definition) is 2. The van der Waals surface area contributed by atoms with Crippen LogP contribution >= 0.6 is 0 Å². The van der Waals surface area contributed by atoms with Crippen LogP contribution in [-0.2, 0) is 4.74 Å². The minimum Gasteiger partial charge on any atom is -0.391 e. The highest BCUT2D eigenvalue weighted by molar-refractivity contribution is 4.81. The van der Waals surface area contributed by atoms with Gasteiger partial charge in [0.15, 0.2) is 0 Å². The van der Waals surface area contributed by atoms with E-state index in [-0.39, 0.29) is 18.1 Å². The van der Waals surface area contributed by atoms with Crippen molar-refractivity contribution in [3.05, 3.63) is 0 Å². The third kappa shape index (κ3) is 1.48. The summed E-state index contributed by atoms with van der Waals surface area (Å²) in [5.41, 5.74) is 5.57. The van der Waals surface area contributed by atoms with Crippen LogP contribution in [0, 0.1) is 5.92 Å². The molecule has 3 N–H and O–H groups in total. The number of nitrogens with two attached hydrogens (primary N) is 1. The van der Waals surface area contributed by atoms with E-state index in [0.29, 0.717) is 13.2 Å². The first kappa shape index (κ1) is 7.98. The molecular weight excluding hydrogens is 130 g/mol. The first-order chi connectivity index (χ1) is 4.75. The van der Waals surface area contributed by atoms with Crippen LogP contribution in [0.25, 0.3) is 0 Å². The predicted octanol–water partition coefficient (Wildman–Crippen LogP) is -0.269. The smallest absolute Gasteiger partial charge is 0.0763 e. The van der Waals surface area contributed by atoms with Gasteiger partial charge >= 0.3 is 0 Å². The summed E-state index contributed by atoms with van der Waals surface area (Å²) in [4.78, 5) is 0. The Labute approximate surface area is 61.2 Å². The molecule has 3 atom stereocenters. The van der Waals surface area contributed by atoms with Gasteiger partial charge < -0.3 is 15.6 Å². The van der Waals surface area contributed by atoms with Gasteiger partial charge in [0.1, 0.15) is 0 Å². The van der Waals surface area contributed by atoms with Crippen LogP contribution in [0.15, 0.2) is 0 Å². The maximum atomic E-state index is 9.43. The monoisotopic (exact) mass is 145 g/mol. The van der Waals surface area contributed by atoms with Gasteiger partial charge in [0, 0.05) is 5.92 Å². The summed E-state index contributed by atoms with van der Waals surface area (Å²) < 4.78 is 5.17. The van der Waals surface area contributed by atoms with E-state index in [1.165, 1.54) is 0 Å². The second-order valence-corrected chi connectivity index (χ2v) is 2.86. The molecule has 0 aromatic heterocycles. The fourth-order valence-corrected chi connectivity index (χ4v) is 1.26. The molecule has 1 aliphatic rings. The second-order valence-electron chi connectivity index (χ2n) is 2.86. The Morgan fingerprint density at radius 2 is 2.30 bits per heavy atom. The molecule has 1 saturated heterocycles. The molecule has 10 heavy (non-hydrogen) atoms. The normalized spacial score (nSPS) is 41.7. The summed E-state index contributed by atoms with van der Waals surface area (Å²) in [6.45, 7) is 3.19. The van der Waals surface area contributed by atoms with Crippen molar-refractivity contribution in [1.29, 1.82) is 0 Å². The Bertz CT molecular complexity index is 108. The van der Waals surface area contributed by atoms with Crippen molar-refractivity contribution in [1.82, 2.24) is 0 Å². The Kier molecular flexibility index (Phi) is 2.65. The molecule has 0 aliphatic carbocycles. The third-order valence-corrected chi connectivity index (χ3v) is 2.09. The maximum Gasteiger partial charge on any atom is 0.0763 e. The molecule has 0 saturated carbocycles. The second kappa shape index (κ2) is 3.32. The summed E-state index contributed by atoms with van der Waals surface area (Å²) in [5, 5.41) is 9.43. The minimum atomic E-state index is -0.362. The lowest BCUT2D eigenvalue weighted by molar-refractivity contribution is -0.0514. The molecule has 3 nitrogen and oxygen atoms in total. The predicted molar refractivity (Wildman–Crippen MR) is 38.6 cm³/mol. The van der Waals surface area contributed by atoms with Gasteiger partial charge in [0.25, 0.3) is 0 Å². The van der Waals surface area contributed by atoms with E-state index < -0.39 is 0 Å². The summed E-state index contributed by atoms with van der Waals surface area (Å²) in [6, 6.07) is -0.182. The topological polar surface area (TPSA) is 55.5 Å². The lowest BCUT2D eigenvalue weighted by Crippen LogP contribution is -2.48. The standard InChI is InChI=1S/C7H15NO2/c1-2-5-3-10-4-6(8)7(5)9/h5-7,9H,2-4,8H2,1H3/t5?,6-,7?/m1/s1. The summed E-state index contributed by atoms with van der Waals surface area (Å²) in [5.74, 6) is 0.240. The number of hydrogen-bond acceptors (Lipinski definition) is 3. The van der Waals surface area contributed by atoms with Crippen molar-refractivity contribution in [2.45, 2.75) is 25.5 Å². The zero-order chi connectivity index (χ0) is 7.56. The number of ether oxygens (including phenoxy) is 1. The molecule has 0 amide bonds. The van der Waals surface area contributed by atoms with E-state index in [2.05, 4.69) is 0 Å². The zero-order valence-corrected chi connectivity index (χ0v) is 6.29. The Morgan fingerprint density at radius 1 is 1.60 bits per heavy atom. The van der Waals surface area contributed by atoms with Crippen LogP contribution in [0.3, 0.4) is 0 Å². The lowest BCUT2D eigenvalue weighted by Gasteiger charge is -2.31. The molecule has 1 fully saturated rings. The van der Waals surface area contributed by atoms with Gasteiger partial charge in [-0.05, 0) is 6.42 Å². The van der Waals surface area contributed by atoms with E-state index in [1.807, 2.05) is 6.92 Å². The Balaban J connectivity index is 2.42. The highest BCUT2D eigenvalue weighted by Gasteiger charge is 2.28. The fourth-order valence-electron chi connectivity index (χ4n) is 1.26.